The van der Waals surface area contributed by atoms with Gasteiger partial charge < -0.3 is 10.1 Å². The molecule has 0 saturated carbocycles. The van der Waals surface area contributed by atoms with Gasteiger partial charge in [0.15, 0.2) is 0 Å². The highest BCUT2D eigenvalue weighted by molar-refractivity contribution is 6.34. The van der Waals surface area contributed by atoms with E-state index in [0.717, 1.165) is 0 Å². The highest BCUT2D eigenvalue weighted by atomic mass is 35.5. The fourth-order valence-corrected chi connectivity index (χ4v) is 2.74. The van der Waals surface area contributed by atoms with Gasteiger partial charge in [-0.15, -0.1) is 0 Å². The van der Waals surface area contributed by atoms with Crippen molar-refractivity contribution in [2.75, 3.05) is 5.32 Å². The zero-order valence-electron chi connectivity index (χ0n) is 15.2. The van der Waals surface area contributed by atoms with Crippen LogP contribution in [0, 0.1) is 17.1 Å². The average molecular weight is 407 g/mol. The molecule has 0 aromatic heterocycles. The van der Waals surface area contributed by atoms with E-state index in [4.69, 9.17) is 16.3 Å². The second kappa shape index (κ2) is 9.54. The lowest BCUT2D eigenvalue weighted by Crippen LogP contribution is -2.13. The number of amides is 1. The van der Waals surface area contributed by atoms with Crippen LogP contribution in [0.3, 0.4) is 0 Å². The van der Waals surface area contributed by atoms with Crippen molar-refractivity contribution in [2.24, 2.45) is 0 Å². The van der Waals surface area contributed by atoms with E-state index >= 15 is 0 Å². The number of ether oxygens (including phenoxy) is 1. The van der Waals surface area contributed by atoms with Gasteiger partial charge in [-0.3, -0.25) is 4.79 Å². The summed E-state index contributed by atoms with van der Waals surface area (Å²) in [6.45, 7) is 0.0191. The smallest absolute Gasteiger partial charge is 0.266 e. The van der Waals surface area contributed by atoms with Gasteiger partial charge in [-0.05, 0) is 30.3 Å². The summed E-state index contributed by atoms with van der Waals surface area (Å²) in [5.74, 6) is -0.532. The van der Waals surface area contributed by atoms with Gasteiger partial charge in [0.2, 0.25) is 0 Å². The Bertz CT molecular complexity index is 1110. The van der Waals surface area contributed by atoms with Crippen LogP contribution in [-0.2, 0) is 11.4 Å². The molecule has 6 heteroatoms. The Morgan fingerprint density at radius 2 is 1.76 bits per heavy atom. The summed E-state index contributed by atoms with van der Waals surface area (Å²) in [6, 6.07) is 21.8. The highest BCUT2D eigenvalue weighted by Gasteiger charge is 2.13. The van der Waals surface area contributed by atoms with E-state index in [0.29, 0.717) is 27.6 Å². The molecule has 0 fully saturated rings. The van der Waals surface area contributed by atoms with Crippen molar-refractivity contribution in [1.82, 2.24) is 0 Å². The molecule has 3 aromatic carbocycles. The molecule has 0 aliphatic heterocycles. The molecule has 0 saturated heterocycles. The fourth-order valence-electron chi connectivity index (χ4n) is 2.56. The van der Waals surface area contributed by atoms with Crippen molar-refractivity contribution in [1.29, 1.82) is 5.26 Å². The second-order valence-corrected chi connectivity index (χ2v) is 6.43. The molecule has 0 bridgehead atoms. The number of halogens is 2. The van der Waals surface area contributed by atoms with Gasteiger partial charge in [0.25, 0.3) is 5.91 Å². The number of anilines is 1. The highest BCUT2D eigenvalue weighted by Crippen LogP contribution is 2.24. The lowest BCUT2D eigenvalue weighted by atomic mass is 10.1. The molecular weight excluding hydrogens is 391 g/mol. The van der Waals surface area contributed by atoms with E-state index in [2.05, 4.69) is 5.32 Å². The summed E-state index contributed by atoms with van der Waals surface area (Å²) in [6.07, 6.45) is 1.42. The van der Waals surface area contributed by atoms with Crippen molar-refractivity contribution in [3.63, 3.8) is 0 Å². The second-order valence-electron chi connectivity index (χ2n) is 6.02. The molecule has 0 heterocycles. The number of carbonyl (C=O) groups is 1. The van der Waals surface area contributed by atoms with Gasteiger partial charge in [-0.1, -0.05) is 60.1 Å². The Morgan fingerprint density at radius 3 is 2.52 bits per heavy atom. The number of para-hydroxylation sites is 2. The Morgan fingerprint density at radius 1 is 1.07 bits per heavy atom. The molecule has 0 radical (unpaired) electrons. The van der Waals surface area contributed by atoms with E-state index < -0.39 is 5.91 Å². The first kappa shape index (κ1) is 20.1. The van der Waals surface area contributed by atoms with E-state index in [1.807, 2.05) is 6.07 Å². The largest absolute Gasteiger partial charge is 0.488 e. The number of hydrogen-bond donors (Lipinski definition) is 1. The predicted octanol–water partition coefficient (Wildman–Crippen LogP) is 5.60. The van der Waals surface area contributed by atoms with Crippen molar-refractivity contribution < 1.29 is 13.9 Å². The van der Waals surface area contributed by atoms with Crippen LogP contribution in [0.5, 0.6) is 5.75 Å². The molecule has 144 valence electrons. The van der Waals surface area contributed by atoms with Gasteiger partial charge in [0.05, 0.1) is 10.7 Å². The summed E-state index contributed by atoms with van der Waals surface area (Å²) in [5.41, 5.74) is 1.22. The van der Waals surface area contributed by atoms with E-state index in [9.17, 15) is 14.4 Å². The van der Waals surface area contributed by atoms with E-state index in [1.165, 1.54) is 12.1 Å². The third-order valence-corrected chi connectivity index (χ3v) is 4.38. The standard InChI is InChI=1S/C23H16ClFN2O2/c24-19-9-3-5-11-21(19)27-23(28)18(14-26)13-16-7-2-6-12-22(16)29-15-17-8-1-4-10-20(17)25/h1-13H,15H2,(H,27,28)/b18-13+. The Kier molecular flexibility index (Phi) is 6.62. The first-order valence-electron chi connectivity index (χ1n) is 8.71. The minimum atomic E-state index is -0.593. The number of benzene rings is 3. The number of rotatable bonds is 6. The van der Waals surface area contributed by atoms with E-state index in [1.54, 1.807) is 66.7 Å². The van der Waals surface area contributed by atoms with Crippen LogP contribution in [0.2, 0.25) is 5.02 Å². The molecule has 0 aliphatic carbocycles. The number of nitrogens with one attached hydrogen (secondary N) is 1. The Labute approximate surface area is 172 Å². The normalized spacial score (nSPS) is 10.9. The van der Waals surface area contributed by atoms with Crippen LogP contribution >= 0.6 is 11.6 Å². The fraction of sp³-hybridized carbons (Fsp3) is 0.0435. The first-order chi connectivity index (χ1) is 14.1. The van der Waals surface area contributed by atoms with Gasteiger partial charge in [-0.25, -0.2) is 4.39 Å². The Balaban J connectivity index is 1.81. The summed E-state index contributed by atoms with van der Waals surface area (Å²) in [7, 11) is 0. The first-order valence-corrected chi connectivity index (χ1v) is 9.09. The molecule has 0 spiro atoms. The molecule has 3 rings (SSSR count). The van der Waals surface area contributed by atoms with E-state index in [-0.39, 0.29) is 18.0 Å². The maximum absolute atomic E-state index is 13.8. The van der Waals surface area contributed by atoms with Crippen LogP contribution in [0.25, 0.3) is 6.08 Å². The molecule has 3 aromatic rings. The van der Waals surface area contributed by atoms with Crippen molar-refractivity contribution in [3.8, 4) is 11.8 Å². The average Bonchev–Trinajstić information content (AvgIpc) is 2.73. The lowest BCUT2D eigenvalue weighted by molar-refractivity contribution is -0.112. The molecule has 1 amide bonds. The summed E-state index contributed by atoms with van der Waals surface area (Å²) in [5, 5.41) is 12.4. The zero-order valence-corrected chi connectivity index (χ0v) is 16.0. The van der Waals surface area contributed by atoms with Gasteiger partial charge in [-0.2, -0.15) is 5.26 Å². The molecule has 0 unspecified atom stereocenters. The number of nitriles is 1. The van der Waals surface area contributed by atoms with Crippen molar-refractivity contribution in [2.45, 2.75) is 6.61 Å². The third kappa shape index (κ3) is 5.22. The molecule has 4 nitrogen and oxygen atoms in total. The number of hydrogen-bond acceptors (Lipinski definition) is 3. The van der Waals surface area contributed by atoms with Crippen LogP contribution in [0.1, 0.15) is 11.1 Å². The monoisotopic (exact) mass is 406 g/mol. The summed E-state index contributed by atoms with van der Waals surface area (Å²) >= 11 is 6.05. The van der Waals surface area contributed by atoms with Gasteiger partial charge in [0.1, 0.15) is 29.8 Å². The molecule has 1 N–H and O–H groups in total. The maximum atomic E-state index is 13.8. The van der Waals surface area contributed by atoms with Gasteiger partial charge in [0, 0.05) is 11.1 Å². The topological polar surface area (TPSA) is 62.1 Å². The molecule has 0 atom stereocenters. The molecular formula is C23H16ClFN2O2. The molecule has 29 heavy (non-hydrogen) atoms. The Hall–Kier alpha value is -3.62. The van der Waals surface area contributed by atoms with Crippen LogP contribution in [-0.4, -0.2) is 5.91 Å². The number of carbonyl (C=O) groups excluding carboxylic acids is 1. The van der Waals surface area contributed by atoms with Crippen LogP contribution in [0.15, 0.2) is 78.4 Å². The predicted molar refractivity (Wildman–Crippen MR) is 111 cm³/mol. The van der Waals surface area contributed by atoms with Crippen molar-refractivity contribution >= 4 is 29.3 Å². The quantitative estimate of drug-likeness (QED) is 0.428. The van der Waals surface area contributed by atoms with Gasteiger partial charge >= 0.3 is 0 Å². The SMILES string of the molecule is N#C/C(=C\c1ccccc1OCc1ccccc1F)C(=O)Nc1ccccc1Cl. The third-order valence-electron chi connectivity index (χ3n) is 4.05. The zero-order chi connectivity index (χ0) is 20.6. The minimum Gasteiger partial charge on any atom is -0.488 e. The summed E-state index contributed by atoms with van der Waals surface area (Å²) < 4.78 is 19.5. The van der Waals surface area contributed by atoms with Crippen LogP contribution < -0.4 is 10.1 Å². The maximum Gasteiger partial charge on any atom is 0.266 e. The lowest BCUT2D eigenvalue weighted by Gasteiger charge is -2.10. The summed E-state index contributed by atoms with van der Waals surface area (Å²) in [4.78, 5) is 12.5. The molecule has 0 aliphatic rings. The number of nitrogens with zero attached hydrogens (tertiary/aromatic N) is 1. The van der Waals surface area contributed by atoms with Crippen molar-refractivity contribution in [3.05, 3.63) is 100 Å². The minimum absolute atomic E-state index is 0.0191. The van der Waals surface area contributed by atoms with Crippen LogP contribution in [0.4, 0.5) is 10.1 Å².